The molecular formula is C16H22F3OZn-. The standard InChI is InChI=1S/C14H17F3O.C2H5.Zn/c1-13(2,3)9-8-12(18)10-4-6-11(7-5-10)14(15,16)17;1-2;/h4-9,12,18H,1-3H3;1H2,2H3;/q;-1;/b9-8+;;/t12-;;/m0../s1. The molecule has 0 saturated heterocycles. The topological polar surface area (TPSA) is 20.2 Å². The summed E-state index contributed by atoms with van der Waals surface area (Å²) in [6, 6.07) is 4.54. The van der Waals surface area contributed by atoms with Crippen molar-refractivity contribution in [2.45, 2.75) is 40.0 Å². The second-order valence-corrected chi connectivity index (χ2v) is 5.29. The Kier molecular flexibility index (Phi) is 10.1. The van der Waals surface area contributed by atoms with Crippen molar-refractivity contribution in [2.75, 3.05) is 0 Å². The van der Waals surface area contributed by atoms with Gasteiger partial charge in [0.05, 0.1) is 11.7 Å². The van der Waals surface area contributed by atoms with Crippen LogP contribution in [-0.4, -0.2) is 5.11 Å². The maximum atomic E-state index is 12.3. The van der Waals surface area contributed by atoms with Crippen molar-refractivity contribution in [3.8, 4) is 0 Å². The van der Waals surface area contributed by atoms with Gasteiger partial charge in [-0.25, -0.2) is 0 Å². The first-order valence-corrected chi connectivity index (χ1v) is 6.35. The molecule has 1 aromatic carbocycles. The molecule has 21 heavy (non-hydrogen) atoms. The Morgan fingerprint density at radius 2 is 1.48 bits per heavy atom. The van der Waals surface area contributed by atoms with Crippen LogP contribution in [0.2, 0.25) is 0 Å². The van der Waals surface area contributed by atoms with Crippen molar-refractivity contribution in [3.05, 3.63) is 54.5 Å². The van der Waals surface area contributed by atoms with E-state index < -0.39 is 17.8 Å². The quantitative estimate of drug-likeness (QED) is 0.442. The van der Waals surface area contributed by atoms with Gasteiger partial charge in [-0.3, -0.25) is 0 Å². The van der Waals surface area contributed by atoms with Crippen LogP contribution in [0.4, 0.5) is 13.2 Å². The molecule has 1 aromatic rings. The molecule has 1 N–H and O–H groups in total. The van der Waals surface area contributed by atoms with Crippen LogP contribution in [0.15, 0.2) is 36.4 Å². The zero-order valence-corrected chi connectivity index (χ0v) is 16.0. The van der Waals surface area contributed by atoms with Crippen molar-refractivity contribution >= 4 is 0 Å². The summed E-state index contributed by atoms with van der Waals surface area (Å²) in [4.78, 5) is 0. The largest absolute Gasteiger partial charge is 0.416 e. The molecule has 1 rings (SSSR count). The second kappa shape index (κ2) is 9.37. The molecular weight excluding hydrogens is 331 g/mol. The van der Waals surface area contributed by atoms with Gasteiger partial charge in [0.25, 0.3) is 0 Å². The molecule has 1 nitrogen and oxygen atoms in total. The van der Waals surface area contributed by atoms with Gasteiger partial charge in [0.1, 0.15) is 0 Å². The SMILES string of the molecule is CC(C)(C)/C=C/[C@H](O)c1ccc(C(F)(F)F)cc1.[CH2-]C.[Zn]. The summed E-state index contributed by atoms with van der Waals surface area (Å²) >= 11 is 0. The maximum Gasteiger partial charge on any atom is 0.416 e. The van der Waals surface area contributed by atoms with Crippen LogP contribution in [-0.2, 0) is 25.7 Å². The number of aliphatic hydroxyl groups excluding tert-OH is 1. The molecule has 0 spiro atoms. The van der Waals surface area contributed by atoms with Crippen LogP contribution in [0.25, 0.3) is 0 Å². The minimum atomic E-state index is -4.34. The Labute approximate surface area is 138 Å². The summed E-state index contributed by atoms with van der Waals surface area (Å²) in [5.41, 5.74) is -0.339. The second-order valence-electron chi connectivity index (χ2n) is 5.29. The first kappa shape index (κ1) is 22.6. The average Bonchev–Trinajstić information content (AvgIpc) is 2.36. The summed E-state index contributed by atoms with van der Waals surface area (Å²) in [7, 11) is 0. The van der Waals surface area contributed by atoms with E-state index in [1.807, 2.05) is 26.8 Å². The Balaban J connectivity index is 0. The minimum Gasteiger partial charge on any atom is -0.384 e. The molecule has 5 heteroatoms. The summed E-state index contributed by atoms with van der Waals surface area (Å²) in [5.74, 6) is 0. The zero-order chi connectivity index (χ0) is 16.0. The van der Waals surface area contributed by atoms with E-state index in [4.69, 9.17) is 0 Å². The van der Waals surface area contributed by atoms with E-state index in [0.29, 0.717) is 5.56 Å². The molecule has 0 aliphatic carbocycles. The van der Waals surface area contributed by atoms with Gasteiger partial charge in [-0.1, -0.05) is 45.1 Å². The fraction of sp³-hybridized carbons (Fsp3) is 0.438. The molecule has 116 valence electrons. The van der Waals surface area contributed by atoms with Crippen LogP contribution in [0.1, 0.15) is 44.9 Å². The van der Waals surface area contributed by atoms with E-state index in [0.717, 1.165) is 12.1 Å². The van der Waals surface area contributed by atoms with Crippen molar-refractivity contribution in [3.63, 3.8) is 0 Å². The van der Waals surface area contributed by atoms with Crippen LogP contribution in [0.3, 0.4) is 0 Å². The van der Waals surface area contributed by atoms with E-state index in [1.54, 1.807) is 13.0 Å². The van der Waals surface area contributed by atoms with E-state index in [9.17, 15) is 18.3 Å². The average molecular weight is 353 g/mol. The van der Waals surface area contributed by atoms with Gasteiger partial charge in [-0.15, -0.1) is 0 Å². The summed E-state index contributed by atoms with van der Waals surface area (Å²) in [6.07, 6.45) is -1.81. The molecule has 0 heterocycles. The number of allylic oxidation sites excluding steroid dienone is 1. The fourth-order valence-electron chi connectivity index (χ4n) is 1.36. The van der Waals surface area contributed by atoms with E-state index >= 15 is 0 Å². The van der Waals surface area contributed by atoms with Crippen LogP contribution in [0, 0.1) is 12.3 Å². The predicted molar refractivity (Wildman–Crippen MR) is 76.0 cm³/mol. The first-order valence-electron chi connectivity index (χ1n) is 6.35. The number of aliphatic hydroxyl groups is 1. The third-order valence-corrected chi connectivity index (χ3v) is 2.36. The Morgan fingerprint density at radius 1 is 1.05 bits per heavy atom. The monoisotopic (exact) mass is 351 g/mol. The molecule has 0 aromatic heterocycles. The van der Waals surface area contributed by atoms with Crippen molar-refractivity contribution in [1.29, 1.82) is 0 Å². The number of hydrogen-bond donors (Lipinski definition) is 1. The zero-order valence-electron chi connectivity index (χ0n) is 13.0. The van der Waals surface area contributed by atoms with Crippen molar-refractivity contribution in [1.82, 2.24) is 0 Å². The molecule has 0 radical (unpaired) electrons. The summed E-state index contributed by atoms with van der Waals surface area (Å²) in [5, 5.41) is 9.81. The Hall–Kier alpha value is -0.667. The van der Waals surface area contributed by atoms with Gasteiger partial charge < -0.3 is 12.0 Å². The molecule has 0 bridgehead atoms. The van der Waals surface area contributed by atoms with Crippen molar-refractivity contribution < 1.29 is 37.8 Å². The number of rotatable bonds is 2. The molecule has 0 saturated carbocycles. The van der Waals surface area contributed by atoms with Crippen LogP contribution >= 0.6 is 0 Å². The van der Waals surface area contributed by atoms with Gasteiger partial charge in [0.2, 0.25) is 0 Å². The van der Waals surface area contributed by atoms with Crippen LogP contribution in [0.5, 0.6) is 0 Å². The van der Waals surface area contributed by atoms with Gasteiger partial charge in [0, 0.05) is 19.5 Å². The molecule has 0 aliphatic heterocycles. The molecule has 0 amide bonds. The molecule has 1 atom stereocenters. The van der Waals surface area contributed by atoms with Crippen LogP contribution < -0.4 is 0 Å². The number of halogens is 3. The molecule has 0 unspecified atom stereocenters. The van der Waals surface area contributed by atoms with E-state index in [1.165, 1.54) is 12.1 Å². The number of alkyl halides is 3. The van der Waals surface area contributed by atoms with Gasteiger partial charge in [0.15, 0.2) is 0 Å². The normalized spacial score (nSPS) is 13.2. The Bertz CT molecular complexity index is 417. The van der Waals surface area contributed by atoms with Crippen molar-refractivity contribution in [2.24, 2.45) is 5.41 Å². The number of benzene rings is 1. The van der Waals surface area contributed by atoms with E-state index in [-0.39, 0.29) is 24.9 Å². The molecule has 0 fully saturated rings. The maximum absolute atomic E-state index is 12.3. The fourth-order valence-corrected chi connectivity index (χ4v) is 1.36. The smallest absolute Gasteiger partial charge is 0.384 e. The first-order chi connectivity index (χ1) is 9.09. The van der Waals surface area contributed by atoms with Gasteiger partial charge >= 0.3 is 6.18 Å². The third kappa shape index (κ3) is 9.05. The minimum absolute atomic E-state index is 0. The summed E-state index contributed by atoms with van der Waals surface area (Å²) < 4.78 is 37.0. The van der Waals surface area contributed by atoms with Gasteiger partial charge in [-0.05, 0) is 23.1 Å². The predicted octanol–water partition coefficient (Wildman–Crippen LogP) is 5.18. The number of hydrogen-bond acceptors (Lipinski definition) is 1. The van der Waals surface area contributed by atoms with E-state index in [2.05, 4.69) is 6.92 Å². The molecule has 0 aliphatic rings. The summed E-state index contributed by atoms with van der Waals surface area (Å²) in [6.45, 7) is 10.9. The Morgan fingerprint density at radius 3 is 1.81 bits per heavy atom. The van der Waals surface area contributed by atoms with Gasteiger partial charge in [-0.2, -0.15) is 20.1 Å². The third-order valence-electron chi connectivity index (χ3n) is 2.36.